The van der Waals surface area contributed by atoms with Crippen LogP contribution in [0, 0.1) is 0 Å². The lowest BCUT2D eigenvalue weighted by atomic mass is 10.5. The summed E-state index contributed by atoms with van der Waals surface area (Å²) in [6, 6.07) is 3.74. The minimum Gasteiger partial charge on any atom is -0.367 e. The second kappa shape index (κ2) is 3.01. The minimum absolute atomic E-state index is 0.319. The molecule has 0 aromatic carbocycles. The van der Waals surface area contributed by atoms with Gasteiger partial charge in [-0.25, -0.2) is 0 Å². The molecule has 0 aliphatic rings. The lowest BCUT2D eigenvalue weighted by Crippen LogP contribution is -1.84. The van der Waals surface area contributed by atoms with Crippen molar-refractivity contribution in [3.63, 3.8) is 0 Å². The van der Waals surface area contributed by atoms with Crippen molar-refractivity contribution in [3.8, 4) is 9.88 Å². The lowest BCUT2D eigenvalue weighted by Gasteiger charge is -1.83. The molecule has 0 amide bonds. The topological polar surface area (TPSA) is 51.8 Å². The van der Waals surface area contributed by atoms with Crippen LogP contribution in [0.3, 0.4) is 0 Å². The van der Waals surface area contributed by atoms with Gasteiger partial charge in [-0.05, 0) is 23.7 Å². The standard InChI is InChI=1S/C6H4ClN3S2/c7-4-2-1-3(11-4)5-9-6(8)10-12-5/h1-2H,(H2,8,10). The van der Waals surface area contributed by atoms with Crippen LogP contribution in [0.2, 0.25) is 4.34 Å². The zero-order valence-electron chi connectivity index (χ0n) is 5.82. The van der Waals surface area contributed by atoms with Gasteiger partial charge < -0.3 is 5.73 Å². The number of halogens is 1. The molecule has 2 N–H and O–H groups in total. The Balaban J connectivity index is 2.43. The molecular formula is C6H4ClN3S2. The second-order valence-electron chi connectivity index (χ2n) is 2.06. The van der Waals surface area contributed by atoms with Crippen molar-refractivity contribution in [1.82, 2.24) is 9.36 Å². The average molecular weight is 218 g/mol. The van der Waals surface area contributed by atoms with Gasteiger partial charge in [0, 0.05) is 0 Å². The lowest BCUT2D eigenvalue weighted by molar-refractivity contribution is 1.35. The maximum absolute atomic E-state index is 5.76. The number of nitrogen functional groups attached to an aromatic ring is 1. The zero-order valence-corrected chi connectivity index (χ0v) is 8.21. The van der Waals surface area contributed by atoms with Crippen LogP contribution < -0.4 is 5.73 Å². The van der Waals surface area contributed by atoms with Gasteiger partial charge in [0.1, 0.15) is 0 Å². The van der Waals surface area contributed by atoms with E-state index in [-0.39, 0.29) is 0 Å². The van der Waals surface area contributed by atoms with Gasteiger partial charge in [-0.2, -0.15) is 9.36 Å². The molecule has 2 aromatic heterocycles. The van der Waals surface area contributed by atoms with E-state index >= 15 is 0 Å². The third-order valence-corrected chi connectivity index (χ3v) is 3.36. The van der Waals surface area contributed by atoms with E-state index in [2.05, 4.69) is 9.36 Å². The normalized spacial score (nSPS) is 10.4. The summed E-state index contributed by atoms with van der Waals surface area (Å²) >= 11 is 8.51. The summed E-state index contributed by atoms with van der Waals surface area (Å²) in [6.45, 7) is 0. The fraction of sp³-hybridized carbons (Fsp3) is 0. The smallest absolute Gasteiger partial charge is 0.232 e. The highest BCUT2D eigenvalue weighted by Gasteiger charge is 2.06. The largest absolute Gasteiger partial charge is 0.367 e. The van der Waals surface area contributed by atoms with E-state index in [1.807, 2.05) is 12.1 Å². The molecule has 0 unspecified atom stereocenters. The van der Waals surface area contributed by atoms with Crippen LogP contribution in [0.25, 0.3) is 9.88 Å². The summed E-state index contributed by atoms with van der Waals surface area (Å²) in [5.41, 5.74) is 5.38. The Kier molecular flexibility index (Phi) is 2.00. The molecule has 0 aliphatic heterocycles. The Labute approximate surface area is 82.0 Å². The van der Waals surface area contributed by atoms with Gasteiger partial charge in [-0.3, -0.25) is 0 Å². The van der Waals surface area contributed by atoms with Crippen LogP contribution in [0.15, 0.2) is 12.1 Å². The number of rotatable bonds is 1. The van der Waals surface area contributed by atoms with E-state index in [4.69, 9.17) is 17.3 Å². The molecule has 0 bridgehead atoms. The first-order valence-electron chi connectivity index (χ1n) is 3.10. The summed E-state index contributed by atoms with van der Waals surface area (Å²) in [5.74, 6) is 0.319. The Morgan fingerprint density at radius 1 is 1.42 bits per heavy atom. The third-order valence-electron chi connectivity index (χ3n) is 1.23. The van der Waals surface area contributed by atoms with Crippen molar-refractivity contribution >= 4 is 40.4 Å². The number of anilines is 1. The predicted molar refractivity (Wildman–Crippen MR) is 52.6 cm³/mol. The van der Waals surface area contributed by atoms with E-state index < -0.39 is 0 Å². The van der Waals surface area contributed by atoms with Crippen molar-refractivity contribution in [2.75, 3.05) is 5.73 Å². The van der Waals surface area contributed by atoms with Gasteiger partial charge in [0.25, 0.3) is 0 Å². The van der Waals surface area contributed by atoms with E-state index in [0.717, 1.165) is 14.2 Å². The van der Waals surface area contributed by atoms with Crippen LogP contribution in [-0.2, 0) is 0 Å². The van der Waals surface area contributed by atoms with Crippen LogP contribution >= 0.6 is 34.5 Å². The molecule has 0 radical (unpaired) electrons. The van der Waals surface area contributed by atoms with E-state index in [1.54, 1.807) is 0 Å². The fourth-order valence-electron chi connectivity index (χ4n) is 0.764. The second-order valence-corrected chi connectivity index (χ2v) is 4.53. The zero-order chi connectivity index (χ0) is 8.55. The molecule has 0 saturated heterocycles. The highest BCUT2D eigenvalue weighted by atomic mass is 35.5. The molecule has 6 heteroatoms. The maximum atomic E-state index is 5.76. The highest BCUT2D eigenvalue weighted by molar-refractivity contribution is 7.22. The first-order valence-corrected chi connectivity index (χ1v) is 5.07. The quantitative estimate of drug-likeness (QED) is 0.799. The molecular weight excluding hydrogens is 214 g/mol. The average Bonchev–Trinajstić information content (AvgIpc) is 2.58. The van der Waals surface area contributed by atoms with Gasteiger partial charge >= 0.3 is 0 Å². The van der Waals surface area contributed by atoms with E-state index in [9.17, 15) is 0 Å². The summed E-state index contributed by atoms with van der Waals surface area (Å²) in [4.78, 5) is 5.04. The Morgan fingerprint density at radius 3 is 2.75 bits per heavy atom. The molecule has 0 aliphatic carbocycles. The number of nitrogens with zero attached hydrogens (tertiary/aromatic N) is 2. The minimum atomic E-state index is 0.319. The van der Waals surface area contributed by atoms with E-state index in [0.29, 0.717) is 5.95 Å². The van der Waals surface area contributed by atoms with Crippen LogP contribution in [-0.4, -0.2) is 9.36 Å². The first-order chi connectivity index (χ1) is 5.75. The number of aromatic nitrogens is 2. The number of nitrogens with two attached hydrogens (primary N) is 1. The predicted octanol–water partition coefficient (Wildman–Crippen LogP) is 2.50. The van der Waals surface area contributed by atoms with E-state index in [1.165, 1.54) is 22.9 Å². The molecule has 2 rings (SSSR count). The third kappa shape index (κ3) is 1.43. The summed E-state index contributed by atoms with van der Waals surface area (Å²) in [6.07, 6.45) is 0. The van der Waals surface area contributed by atoms with Crippen molar-refractivity contribution in [3.05, 3.63) is 16.5 Å². The van der Waals surface area contributed by atoms with Crippen molar-refractivity contribution in [1.29, 1.82) is 0 Å². The molecule has 0 spiro atoms. The summed E-state index contributed by atoms with van der Waals surface area (Å²) in [7, 11) is 0. The molecule has 2 aromatic rings. The van der Waals surface area contributed by atoms with Crippen LogP contribution in [0.5, 0.6) is 0 Å². The summed E-state index contributed by atoms with van der Waals surface area (Å²) in [5, 5.41) is 0.824. The Bertz CT molecular complexity index is 357. The maximum Gasteiger partial charge on any atom is 0.232 e. The molecule has 62 valence electrons. The number of hydrogen-bond donors (Lipinski definition) is 1. The molecule has 0 atom stereocenters. The Hall–Kier alpha value is -0.650. The molecule has 0 saturated carbocycles. The monoisotopic (exact) mass is 217 g/mol. The summed E-state index contributed by atoms with van der Waals surface area (Å²) < 4.78 is 4.62. The van der Waals surface area contributed by atoms with Crippen molar-refractivity contribution in [2.45, 2.75) is 0 Å². The fourth-order valence-corrected chi connectivity index (χ4v) is 2.44. The van der Waals surface area contributed by atoms with Gasteiger partial charge in [0.15, 0.2) is 5.01 Å². The molecule has 2 heterocycles. The van der Waals surface area contributed by atoms with Gasteiger partial charge in [-0.15, -0.1) is 11.3 Å². The Morgan fingerprint density at radius 2 is 2.25 bits per heavy atom. The van der Waals surface area contributed by atoms with Gasteiger partial charge in [0.2, 0.25) is 5.95 Å². The number of hydrogen-bond acceptors (Lipinski definition) is 5. The SMILES string of the molecule is Nc1nsc(-c2ccc(Cl)s2)n1. The highest BCUT2D eigenvalue weighted by Crippen LogP contribution is 2.31. The van der Waals surface area contributed by atoms with Crippen molar-refractivity contribution < 1.29 is 0 Å². The molecule has 3 nitrogen and oxygen atoms in total. The van der Waals surface area contributed by atoms with Gasteiger partial charge in [0.05, 0.1) is 9.21 Å². The number of thiophene rings is 1. The van der Waals surface area contributed by atoms with Crippen molar-refractivity contribution in [2.24, 2.45) is 0 Å². The van der Waals surface area contributed by atoms with Crippen LogP contribution in [0.1, 0.15) is 0 Å². The molecule has 0 fully saturated rings. The van der Waals surface area contributed by atoms with Crippen LogP contribution in [0.4, 0.5) is 5.95 Å². The molecule has 12 heavy (non-hydrogen) atoms. The van der Waals surface area contributed by atoms with Gasteiger partial charge in [-0.1, -0.05) is 11.6 Å². The first kappa shape index (κ1) is 7.97.